The van der Waals surface area contributed by atoms with Gasteiger partial charge < -0.3 is 4.74 Å². The second kappa shape index (κ2) is 6.48. The van der Waals surface area contributed by atoms with Gasteiger partial charge in [0.1, 0.15) is 5.82 Å². The topological polar surface area (TPSA) is 86.1 Å². The maximum absolute atomic E-state index is 13.5. The first-order chi connectivity index (χ1) is 11.4. The number of nitrogens with zero attached hydrogens (tertiary/aromatic N) is 3. The van der Waals surface area contributed by atoms with Crippen LogP contribution < -0.4 is 9.46 Å². The van der Waals surface area contributed by atoms with Crippen molar-refractivity contribution in [3.05, 3.63) is 35.7 Å². The molecular weight excluding hydrogens is 335 g/mol. The Morgan fingerprint density at radius 3 is 2.96 bits per heavy atom. The normalized spacial score (nSPS) is 17.5. The number of rotatable bonds is 5. The highest BCUT2D eigenvalue weighted by molar-refractivity contribution is 7.89. The Morgan fingerprint density at radius 1 is 1.46 bits per heavy atom. The van der Waals surface area contributed by atoms with Gasteiger partial charge in [0.05, 0.1) is 18.6 Å². The predicted octanol–water partition coefficient (Wildman–Crippen LogP) is 1.28. The van der Waals surface area contributed by atoms with Crippen molar-refractivity contribution in [2.45, 2.75) is 43.7 Å². The molecule has 1 aromatic carbocycles. The van der Waals surface area contributed by atoms with E-state index < -0.39 is 15.8 Å². The molecule has 2 heterocycles. The van der Waals surface area contributed by atoms with Crippen molar-refractivity contribution in [3.8, 4) is 5.75 Å². The molecule has 0 spiro atoms. The lowest BCUT2D eigenvalue weighted by molar-refractivity contribution is 0.384. The summed E-state index contributed by atoms with van der Waals surface area (Å²) in [6, 6.07) is 3.19. The minimum absolute atomic E-state index is 0.0283. The van der Waals surface area contributed by atoms with Gasteiger partial charge in [-0.15, -0.1) is 0 Å². The van der Waals surface area contributed by atoms with Crippen LogP contribution in [0.1, 0.15) is 25.0 Å². The molecule has 1 aliphatic rings. The Labute approximate surface area is 139 Å². The number of ether oxygens (including phenoxy) is 1. The lowest BCUT2D eigenvalue weighted by atomic mass is 10.1. The lowest BCUT2D eigenvalue weighted by Gasteiger charge is -2.23. The molecule has 0 amide bonds. The standard InChI is InChI=1S/C15H19FN4O3S/c1-3-14-17-15-7-4-10(9-20(15)18-14)19-24(21,22)11-5-6-12(16)13(8-11)23-2/h5-6,8,10,19H,3-4,7,9H2,1-2H3. The molecule has 1 unspecified atom stereocenters. The number of methoxy groups -OCH3 is 1. The van der Waals surface area contributed by atoms with Crippen LogP contribution in [0.3, 0.4) is 0 Å². The van der Waals surface area contributed by atoms with Crippen LogP contribution in [0.5, 0.6) is 5.75 Å². The summed E-state index contributed by atoms with van der Waals surface area (Å²) in [6.07, 6.45) is 2.04. The average Bonchev–Trinajstić information content (AvgIpc) is 2.97. The van der Waals surface area contributed by atoms with Crippen molar-refractivity contribution >= 4 is 10.0 Å². The summed E-state index contributed by atoms with van der Waals surface area (Å²) >= 11 is 0. The van der Waals surface area contributed by atoms with Gasteiger partial charge in [-0.2, -0.15) is 5.10 Å². The Morgan fingerprint density at radius 2 is 2.25 bits per heavy atom. The van der Waals surface area contributed by atoms with E-state index in [0.29, 0.717) is 19.4 Å². The summed E-state index contributed by atoms with van der Waals surface area (Å²) in [7, 11) is -2.48. The molecule has 0 saturated carbocycles. The van der Waals surface area contributed by atoms with Crippen molar-refractivity contribution in [1.29, 1.82) is 0 Å². The highest BCUT2D eigenvalue weighted by atomic mass is 32.2. The molecular formula is C15H19FN4O3S. The number of aryl methyl sites for hydroxylation is 2. The Kier molecular flexibility index (Phi) is 4.55. The van der Waals surface area contributed by atoms with Gasteiger partial charge in [-0.3, -0.25) is 0 Å². The van der Waals surface area contributed by atoms with E-state index in [2.05, 4.69) is 14.8 Å². The highest BCUT2D eigenvalue weighted by Crippen LogP contribution is 2.22. The van der Waals surface area contributed by atoms with Crippen LogP contribution in [0, 0.1) is 5.82 Å². The smallest absolute Gasteiger partial charge is 0.241 e. The molecule has 7 nitrogen and oxygen atoms in total. The van der Waals surface area contributed by atoms with E-state index >= 15 is 0 Å². The largest absolute Gasteiger partial charge is 0.494 e. The van der Waals surface area contributed by atoms with Crippen LogP contribution in [0.4, 0.5) is 4.39 Å². The maximum Gasteiger partial charge on any atom is 0.241 e. The molecule has 0 radical (unpaired) electrons. The molecule has 9 heteroatoms. The van der Waals surface area contributed by atoms with Crippen LogP contribution in [-0.2, 0) is 29.4 Å². The molecule has 1 atom stereocenters. The summed E-state index contributed by atoms with van der Waals surface area (Å²) in [6.45, 7) is 2.41. The molecule has 0 fully saturated rings. The van der Waals surface area contributed by atoms with Gasteiger partial charge >= 0.3 is 0 Å². The Balaban J connectivity index is 1.78. The van der Waals surface area contributed by atoms with Gasteiger partial charge in [-0.25, -0.2) is 27.2 Å². The first kappa shape index (κ1) is 16.8. The van der Waals surface area contributed by atoms with E-state index in [1.165, 1.54) is 19.2 Å². The number of aromatic nitrogens is 3. The van der Waals surface area contributed by atoms with Crippen molar-refractivity contribution < 1.29 is 17.5 Å². The zero-order valence-corrected chi connectivity index (χ0v) is 14.3. The summed E-state index contributed by atoms with van der Waals surface area (Å²) in [4.78, 5) is 4.38. The fourth-order valence-corrected chi connectivity index (χ4v) is 3.98. The van der Waals surface area contributed by atoms with Gasteiger partial charge in [-0.05, 0) is 18.6 Å². The number of halogens is 1. The minimum Gasteiger partial charge on any atom is -0.494 e. The van der Waals surface area contributed by atoms with E-state index in [1.807, 2.05) is 6.92 Å². The van der Waals surface area contributed by atoms with E-state index in [9.17, 15) is 12.8 Å². The summed E-state index contributed by atoms with van der Waals surface area (Å²) in [5.41, 5.74) is 0. The summed E-state index contributed by atoms with van der Waals surface area (Å²) in [5.74, 6) is 0.934. The van der Waals surface area contributed by atoms with Crippen LogP contribution in [0.15, 0.2) is 23.1 Å². The summed E-state index contributed by atoms with van der Waals surface area (Å²) < 4.78 is 47.7. The molecule has 0 saturated heterocycles. The van der Waals surface area contributed by atoms with Crippen molar-refractivity contribution in [2.75, 3.05) is 7.11 Å². The molecule has 1 N–H and O–H groups in total. The van der Waals surface area contributed by atoms with Crippen LogP contribution in [0.2, 0.25) is 0 Å². The second-order valence-electron chi connectivity index (χ2n) is 5.63. The molecule has 1 aromatic heterocycles. The molecule has 130 valence electrons. The second-order valence-corrected chi connectivity index (χ2v) is 7.35. The third-order valence-electron chi connectivity index (χ3n) is 3.97. The van der Waals surface area contributed by atoms with E-state index in [4.69, 9.17) is 4.74 Å². The monoisotopic (exact) mass is 354 g/mol. The van der Waals surface area contributed by atoms with Crippen LogP contribution in [-0.4, -0.2) is 36.3 Å². The number of hydrogen-bond donors (Lipinski definition) is 1. The fourth-order valence-electron chi connectivity index (χ4n) is 2.70. The summed E-state index contributed by atoms with van der Waals surface area (Å²) in [5, 5.41) is 4.36. The first-order valence-electron chi connectivity index (χ1n) is 7.71. The number of nitrogens with one attached hydrogen (secondary N) is 1. The number of sulfonamides is 1. The molecule has 1 aliphatic heterocycles. The first-order valence-corrected chi connectivity index (χ1v) is 9.19. The number of hydrogen-bond acceptors (Lipinski definition) is 5. The molecule has 24 heavy (non-hydrogen) atoms. The highest BCUT2D eigenvalue weighted by Gasteiger charge is 2.26. The van der Waals surface area contributed by atoms with Gasteiger partial charge in [0, 0.05) is 24.9 Å². The molecule has 3 rings (SSSR count). The number of benzene rings is 1. The molecule has 0 aliphatic carbocycles. The van der Waals surface area contributed by atoms with Crippen LogP contribution in [0.25, 0.3) is 0 Å². The number of fused-ring (bicyclic) bond motifs is 1. The lowest BCUT2D eigenvalue weighted by Crippen LogP contribution is -2.41. The van der Waals surface area contributed by atoms with E-state index in [-0.39, 0.29) is 16.7 Å². The quantitative estimate of drug-likeness (QED) is 0.874. The van der Waals surface area contributed by atoms with Gasteiger partial charge in [-0.1, -0.05) is 6.92 Å². The third-order valence-corrected chi connectivity index (χ3v) is 5.49. The molecule has 0 bridgehead atoms. The van der Waals surface area contributed by atoms with Crippen molar-refractivity contribution in [3.63, 3.8) is 0 Å². The minimum atomic E-state index is -3.77. The Hall–Kier alpha value is -2.00. The van der Waals surface area contributed by atoms with Gasteiger partial charge in [0.2, 0.25) is 10.0 Å². The third kappa shape index (κ3) is 3.27. The molecule has 2 aromatic rings. The van der Waals surface area contributed by atoms with E-state index in [0.717, 1.165) is 24.1 Å². The van der Waals surface area contributed by atoms with Gasteiger partial charge in [0.15, 0.2) is 17.4 Å². The van der Waals surface area contributed by atoms with Crippen molar-refractivity contribution in [2.24, 2.45) is 0 Å². The Bertz CT molecular complexity index is 850. The van der Waals surface area contributed by atoms with Gasteiger partial charge in [0.25, 0.3) is 0 Å². The fraction of sp³-hybridized carbons (Fsp3) is 0.467. The zero-order chi connectivity index (χ0) is 17.3. The van der Waals surface area contributed by atoms with Crippen LogP contribution >= 0.6 is 0 Å². The maximum atomic E-state index is 13.5. The van der Waals surface area contributed by atoms with E-state index in [1.54, 1.807) is 4.68 Å². The average molecular weight is 354 g/mol. The van der Waals surface area contributed by atoms with Crippen molar-refractivity contribution in [1.82, 2.24) is 19.5 Å². The predicted molar refractivity (Wildman–Crippen MR) is 84.8 cm³/mol. The zero-order valence-electron chi connectivity index (χ0n) is 13.5. The SMILES string of the molecule is CCc1nc2n(n1)CC(NS(=O)(=O)c1ccc(F)c(OC)c1)CC2.